The van der Waals surface area contributed by atoms with Crippen LogP contribution in [0.25, 0.3) is 0 Å². The Hall–Kier alpha value is -0.790. The molecule has 2 nitrogen and oxygen atoms in total. The van der Waals surface area contributed by atoms with Crippen LogP contribution in [0.5, 0.6) is 0 Å². The molecule has 0 amide bonds. The lowest BCUT2D eigenvalue weighted by Gasteiger charge is -2.07. The van der Waals surface area contributed by atoms with Gasteiger partial charge in [0.2, 0.25) is 0 Å². The zero-order valence-corrected chi connectivity index (χ0v) is 36.6. The predicted octanol–water partition coefficient (Wildman–Crippen LogP) is 17.4. The molecule has 0 atom stereocenters. The van der Waals surface area contributed by atoms with E-state index in [1.807, 2.05) is 0 Å². The molecule has 1 aromatic heterocycles. The van der Waals surface area contributed by atoms with Crippen LogP contribution in [0.3, 0.4) is 0 Å². The largest absolute Gasteiger partial charge is 0.254 e. The van der Waals surface area contributed by atoms with Gasteiger partial charge in [0.25, 0.3) is 5.82 Å². The molecule has 0 radical (unpaired) electrons. The predicted molar refractivity (Wildman–Crippen MR) is 235 cm³/mol. The second kappa shape index (κ2) is 41.4. The minimum atomic E-state index is 1.24. The molecular formula is C50H99N2+. The molecule has 52 heavy (non-hydrogen) atoms. The van der Waals surface area contributed by atoms with Crippen molar-refractivity contribution in [3.63, 3.8) is 0 Å². The van der Waals surface area contributed by atoms with Crippen LogP contribution in [0.1, 0.15) is 296 Å². The van der Waals surface area contributed by atoms with Crippen molar-refractivity contribution in [1.29, 1.82) is 0 Å². The number of imidazole rings is 1. The second-order valence-electron chi connectivity index (χ2n) is 17.3. The molecule has 0 unspecified atom stereocenters. The normalized spacial score (nSPS) is 11.7. The quantitative estimate of drug-likeness (QED) is 0.0510. The van der Waals surface area contributed by atoms with Gasteiger partial charge in [0.1, 0.15) is 11.9 Å². The maximum atomic E-state index is 3.78. The van der Waals surface area contributed by atoms with Crippen molar-refractivity contribution in [2.24, 2.45) is 0 Å². The molecule has 0 spiro atoms. The van der Waals surface area contributed by atoms with Crippen LogP contribution in [0.15, 0.2) is 6.20 Å². The summed E-state index contributed by atoms with van der Waals surface area (Å²) in [6, 6.07) is 0. The molecule has 0 bridgehead atoms. The van der Waals surface area contributed by atoms with Crippen molar-refractivity contribution >= 4 is 0 Å². The highest BCUT2D eigenvalue weighted by Crippen LogP contribution is 2.17. The van der Waals surface area contributed by atoms with Crippen LogP contribution in [0, 0.1) is 0 Å². The van der Waals surface area contributed by atoms with Crippen LogP contribution < -0.4 is 4.57 Å². The first kappa shape index (κ1) is 49.2. The standard InChI is InChI=1S/C50H98N2/c1-4-7-10-13-16-19-22-25-27-28-30-33-36-39-42-45-49-48-51-50(46-43-40-37-34-31-29-26-23-20-17-14-11-8-5-2)52(49)47-44-41-38-35-32-24-21-18-15-12-9-6-3/h48H,4-47H2,1-3H3/p+1. The Kier molecular flexibility index (Phi) is 39.2. The fraction of sp³-hybridized carbons (Fsp3) is 0.940. The monoisotopic (exact) mass is 728 g/mol. The highest BCUT2D eigenvalue weighted by atomic mass is 15.1. The van der Waals surface area contributed by atoms with Gasteiger partial charge < -0.3 is 0 Å². The van der Waals surface area contributed by atoms with Gasteiger partial charge in [-0.25, -0.2) is 9.55 Å². The van der Waals surface area contributed by atoms with Crippen molar-refractivity contribution < 1.29 is 4.57 Å². The number of rotatable bonds is 44. The first-order valence-electron chi connectivity index (χ1n) is 24.9. The molecule has 1 heterocycles. The fourth-order valence-electron chi connectivity index (χ4n) is 8.46. The smallest absolute Gasteiger partial charge is 0.247 e. The Morgan fingerprint density at radius 1 is 0.308 bits per heavy atom. The number of nitrogens with zero attached hydrogens (tertiary/aromatic N) is 1. The summed E-state index contributed by atoms with van der Waals surface area (Å²) in [5, 5.41) is 0. The number of hydrogen-bond acceptors (Lipinski definition) is 0. The van der Waals surface area contributed by atoms with Gasteiger partial charge in [0, 0.05) is 12.8 Å². The molecule has 0 saturated heterocycles. The topological polar surface area (TPSA) is 19.7 Å². The number of unbranched alkanes of at least 4 members (excludes halogenated alkanes) is 38. The lowest BCUT2D eigenvalue weighted by atomic mass is 10.0. The summed E-state index contributed by atoms with van der Waals surface area (Å²) < 4.78 is 2.74. The Morgan fingerprint density at radius 2 is 0.558 bits per heavy atom. The highest BCUT2D eigenvalue weighted by molar-refractivity contribution is 4.92. The van der Waals surface area contributed by atoms with Crippen LogP contribution >= 0.6 is 0 Å². The third kappa shape index (κ3) is 32.6. The van der Waals surface area contributed by atoms with E-state index >= 15 is 0 Å². The second-order valence-corrected chi connectivity index (χ2v) is 17.3. The van der Waals surface area contributed by atoms with Gasteiger partial charge in [0.15, 0.2) is 0 Å². The maximum Gasteiger partial charge on any atom is 0.254 e. The molecule has 0 aromatic carbocycles. The number of nitrogens with one attached hydrogen (secondary N) is 1. The number of aryl methyl sites for hydroxylation is 2. The molecule has 1 aromatic rings. The molecule has 0 aliphatic carbocycles. The fourth-order valence-corrected chi connectivity index (χ4v) is 8.46. The van der Waals surface area contributed by atoms with E-state index in [-0.39, 0.29) is 0 Å². The average molecular weight is 728 g/mol. The van der Waals surface area contributed by atoms with Gasteiger partial charge in [-0.15, -0.1) is 0 Å². The van der Waals surface area contributed by atoms with Gasteiger partial charge in [0.05, 0.1) is 6.54 Å². The number of H-pyrrole nitrogens is 1. The van der Waals surface area contributed by atoms with Crippen LogP contribution in [-0.4, -0.2) is 4.98 Å². The maximum absolute atomic E-state index is 3.78. The number of hydrogen-bond donors (Lipinski definition) is 1. The van der Waals surface area contributed by atoms with Gasteiger partial charge in [-0.2, -0.15) is 0 Å². The van der Waals surface area contributed by atoms with E-state index in [1.54, 1.807) is 5.69 Å². The van der Waals surface area contributed by atoms with E-state index in [1.165, 1.54) is 288 Å². The van der Waals surface area contributed by atoms with Crippen molar-refractivity contribution in [3.05, 3.63) is 17.7 Å². The first-order chi connectivity index (χ1) is 25.8. The molecule has 0 fully saturated rings. The van der Waals surface area contributed by atoms with E-state index in [0.29, 0.717) is 0 Å². The van der Waals surface area contributed by atoms with E-state index in [4.69, 9.17) is 0 Å². The molecule has 1 rings (SSSR count). The van der Waals surface area contributed by atoms with Crippen molar-refractivity contribution in [1.82, 2.24) is 4.98 Å². The van der Waals surface area contributed by atoms with E-state index in [9.17, 15) is 0 Å². The molecule has 308 valence electrons. The van der Waals surface area contributed by atoms with E-state index in [2.05, 4.69) is 36.5 Å². The molecule has 0 saturated carbocycles. The Balaban J connectivity index is 2.26. The van der Waals surface area contributed by atoms with Crippen LogP contribution in [0.4, 0.5) is 0 Å². The minimum Gasteiger partial charge on any atom is -0.247 e. The van der Waals surface area contributed by atoms with Crippen LogP contribution in [0.2, 0.25) is 0 Å². The summed E-state index contributed by atoms with van der Waals surface area (Å²) in [7, 11) is 0. The van der Waals surface area contributed by atoms with E-state index in [0.717, 1.165) is 0 Å². The molecule has 2 heteroatoms. The number of aromatic nitrogens is 2. The summed E-state index contributed by atoms with van der Waals surface area (Å²) >= 11 is 0. The summed E-state index contributed by atoms with van der Waals surface area (Å²) in [6.07, 6.45) is 64.0. The molecule has 0 aliphatic heterocycles. The third-order valence-corrected chi connectivity index (χ3v) is 12.1. The lowest BCUT2D eigenvalue weighted by molar-refractivity contribution is -0.710. The summed E-state index contributed by atoms with van der Waals surface area (Å²) in [4.78, 5) is 3.78. The molecule has 1 N–H and O–H groups in total. The third-order valence-electron chi connectivity index (χ3n) is 12.1. The van der Waals surface area contributed by atoms with Crippen molar-refractivity contribution in [2.75, 3.05) is 0 Å². The van der Waals surface area contributed by atoms with E-state index < -0.39 is 0 Å². The molecular weight excluding hydrogens is 629 g/mol. The van der Waals surface area contributed by atoms with Gasteiger partial charge in [-0.1, -0.05) is 258 Å². The van der Waals surface area contributed by atoms with Gasteiger partial charge >= 0.3 is 0 Å². The SMILES string of the molecule is CCCCCCCCCCCCCCCCCc1c[nH]c(CCCCCCCCCCCCCCCC)[n+]1CCCCCCCCCCCCCC. The van der Waals surface area contributed by atoms with Gasteiger partial charge in [-0.3, -0.25) is 0 Å². The zero-order chi connectivity index (χ0) is 37.3. The highest BCUT2D eigenvalue weighted by Gasteiger charge is 2.17. The Labute approximate surface area is 329 Å². The summed E-state index contributed by atoms with van der Waals surface area (Å²) in [6.45, 7) is 8.19. The molecule has 0 aliphatic rings. The lowest BCUT2D eigenvalue weighted by Crippen LogP contribution is -2.40. The Morgan fingerprint density at radius 3 is 0.865 bits per heavy atom. The van der Waals surface area contributed by atoms with Crippen molar-refractivity contribution in [3.8, 4) is 0 Å². The Bertz CT molecular complexity index is 796. The summed E-state index contributed by atoms with van der Waals surface area (Å²) in [5.41, 5.74) is 1.60. The van der Waals surface area contributed by atoms with Crippen LogP contribution in [-0.2, 0) is 19.4 Å². The average Bonchev–Trinajstić information content (AvgIpc) is 3.54. The summed E-state index contributed by atoms with van der Waals surface area (Å²) in [5.74, 6) is 1.53. The van der Waals surface area contributed by atoms with Crippen molar-refractivity contribution in [2.45, 2.75) is 303 Å². The minimum absolute atomic E-state index is 1.24. The van der Waals surface area contributed by atoms with Gasteiger partial charge in [-0.05, 0) is 25.7 Å². The zero-order valence-electron chi connectivity index (χ0n) is 36.6. The number of aromatic amines is 1. The first-order valence-corrected chi connectivity index (χ1v) is 24.9.